The van der Waals surface area contributed by atoms with Crippen LogP contribution >= 0.6 is 27.7 Å². The van der Waals surface area contributed by atoms with E-state index in [9.17, 15) is 14.0 Å². The molecule has 2 aromatic rings. The zero-order chi connectivity index (χ0) is 19.4. The summed E-state index contributed by atoms with van der Waals surface area (Å²) in [6.45, 7) is -0.444. The molecule has 3 rings (SSSR count). The van der Waals surface area contributed by atoms with Gasteiger partial charge in [-0.1, -0.05) is 30.0 Å². The van der Waals surface area contributed by atoms with Gasteiger partial charge in [0.2, 0.25) is 0 Å². The molecule has 1 unspecified atom stereocenters. The van der Waals surface area contributed by atoms with Gasteiger partial charge < -0.3 is 20.5 Å². The highest BCUT2D eigenvalue weighted by molar-refractivity contribution is 9.10. The number of thioether (sulfide) groups is 1. The van der Waals surface area contributed by atoms with Gasteiger partial charge in [-0.15, -0.1) is 0 Å². The van der Waals surface area contributed by atoms with Crippen molar-refractivity contribution in [2.45, 2.75) is 5.50 Å². The molecule has 1 amide bonds. The first-order chi connectivity index (χ1) is 12.9. The minimum atomic E-state index is -1.07. The number of anilines is 1. The molecule has 6 nitrogen and oxygen atoms in total. The third-order valence-electron chi connectivity index (χ3n) is 3.50. The first kappa shape index (κ1) is 19.2. The molecule has 2 aromatic carbocycles. The fourth-order valence-corrected chi connectivity index (χ4v) is 3.79. The van der Waals surface area contributed by atoms with Gasteiger partial charge in [0.15, 0.2) is 12.1 Å². The lowest BCUT2D eigenvalue weighted by atomic mass is 10.2. The van der Waals surface area contributed by atoms with E-state index in [1.807, 2.05) is 0 Å². The van der Waals surface area contributed by atoms with E-state index in [0.29, 0.717) is 20.8 Å². The molecule has 3 N–H and O–H groups in total. The van der Waals surface area contributed by atoms with Crippen molar-refractivity contribution in [1.29, 1.82) is 0 Å². The number of hydrogen-bond donors (Lipinski definition) is 3. The molecule has 1 heterocycles. The van der Waals surface area contributed by atoms with Crippen LogP contribution in [0, 0.1) is 5.82 Å². The van der Waals surface area contributed by atoms with Crippen LogP contribution in [0.4, 0.5) is 10.1 Å². The van der Waals surface area contributed by atoms with Crippen LogP contribution in [0.5, 0.6) is 5.75 Å². The summed E-state index contributed by atoms with van der Waals surface area (Å²) < 4.78 is 19.4. The molecule has 27 heavy (non-hydrogen) atoms. The third-order valence-corrected chi connectivity index (χ3v) is 5.14. The fraction of sp³-hybridized carbons (Fsp3) is 0.111. The van der Waals surface area contributed by atoms with Crippen LogP contribution in [0.25, 0.3) is 6.08 Å². The molecule has 1 atom stereocenters. The molecule has 0 aromatic heterocycles. The van der Waals surface area contributed by atoms with Crippen molar-refractivity contribution in [3.8, 4) is 5.75 Å². The molecular weight excluding hydrogens is 439 g/mol. The molecule has 0 spiro atoms. The number of rotatable bonds is 6. The highest BCUT2D eigenvalue weighted by Gasteiger charge is 2.27. The molecule has 0 radical (unpaired) electrons. The maximum absolute atomic E-state index is 13.7. The van der Waals surface area contributed by atoms with Crippen molar-refractivity contribution < 1.29 is 23.8 Å². The summed E-state index contributed by atoms with van der Waals surface area (Å²) in [5.41, 5.74) is 0.551. The van der Waals surface area contributed by atoms with Gasteiger partial charge >= 0.3 is 5.97 Å². The van der Waals surface area contributed by atoms with Crippen molar-refractivity contribution in [2.75, 3.05) is 11.9 Å². The predicted molar refractivity (Wildman–Crippen MR) is 105 cm³/mol. The van der Waals surface area contributed by atoms with E-state index in [0.717, 1.165) is 5.56 Å². The summed E-state index contributed by atoms with van der Waals surface area (Å²) in [5.74, 6) is -1.34. The van der Waals surface area contributed by atoms with E-state index >= 15 is 0 Å². The molecule has 1 aliphatic rings. The maximum Gasteiger partial charge on any atom is 0.341 e. The summed E-state index contributed by atoms with van der Waals surface area (Å²) in [5, 5.41) is 14.3. The topological polar surface area (TPSA) is 87.7 Å². The van der Waals surface area contributed by atoms with Crippen molar-refractivity contribution in [3.05, 3.63) is 63.2 Å². The normalized spacial score (nSPS) is 17.6. The average Bonchev–Trinajstić information content (AvgIpc) is 2.95. The van der Waals surface area contributed by atoms with Crippen LogP contribution < -0.4 is 15.4 Å². The van der Waals surface area contributed by atoms with Gasteiger partial charge in [0.25, 0.3) is 5.91 Å². The number of halogens is 2. The Labute approximate surface area is 166 Å². The number of para-hydroxylation sites is 1. The minimum Gasteiger partial charge on any atom is -0.481 e. The van der Waals surface area contributed by atoms with E-state index in [1.54, 1.807) is 42.5 Å². The first-order valence-electron chi connectivity index (χ1n) is 7.77. The molecular formula is C18H14BrFN2O4S. The first-order valence-corrected chi connectivity index (χ1v) is 9.44. The van der Waals surface area contributed by atoms with E-state index in [2.05, 4.69) is 26.6 Å². The predicted octanol–water partition coefficient (Wildman–Crippen LogP) is 3.65. The lowest BCUT2D eigenvalue weighted by Gasteiger charge is -2.13. The van der Waals surface area contributed by atoms with E-state index in [4.69, 9.17) is 9.84 Å². The number of amides is 1. The van der Waals surface area contributed by atoms with Crippen molar-refractivity contribution in [2.24, 2.45) is 0 Å². The lowest BCUT2D eigenvalue weighted by molar-refractivity contribution is -0.139. The van der Waals surface area contributed by atoms with Gasteiger partial charge in [-0.05, 0) is 51.8 Å². The zero-order valence-electron chi connectivity index (χ0n) is 13.7. The van der Waals surface area contributed by atoms with Gasteiger partial charge in [-0.3, -0.25) is 4.79 Å². The third kappa shape index (κ3) is 5.01. The van der Waals surface area contributed by atoms with Crippen LogP contribution in [0.1, 0.15) is 5.56 Å². The number of carboxylic acid groups (broad SMARTS) is 1. The van der Waals surface area contributed by atoms with E-state index in [-0.39, 0.29) is 5.91 Å². The largest absolute Gasteiger partial charge is 0.481 e. The van der Waals surface area contributed by atoms with Gasteiger partial charge in [0, 0.05) is 0 Å². The fourth-order valence-electron chi connectivity index (χ4n) is 2.30. The summed E-state index contributed by atoms with van der Waals surface area (Å²) in [6, 6.07) is 11.3. The zero-order valence-corrected chi connectivity index (χ0v) is 16.1. The van der Waals surface area contributed by atoms with Gasteiger partial charge in [0.1, 0.15) is 11.6 Å². The molecule has 1 fully saturated rings. The summed E-state index contributed by atoms with van der Waals surface area (Å²) >= 11 is 4.56. The van der Waals surface area contributed by atoms with Crippen LogP contribution in [-0.4, -0.2) is 29.1 Å². The second-order valence-corrected chi connectivity index (χ2v) is 7.48. The molecule has 1 saturated heterocycles. The Hall–Kier alpha value is -2.52. The number of carboxylic acids is 1. The highest BCUT2D eigenvalue weighted by Crippen LogP contribution is 2.32. The number of hydrogen-bond acceptors (Lipinski definition) is 5. The number of nitrogens with one attached hydrogen (secondary N) is 2. The SMILES string of the molecule is O=C(O)COc1ccc(/C=C2\SC(Nc3ccccc3F)NC2=O)cc1Br. The van der Waals surface area contributed by atoms with Gasteiger partial charge in [-0.25, -0.2) is 9.18 Å². The number of aliphatic carboxylic acids is 1. The summed E-state index contributed by atoms with van der Waals surface area (Å²) in [6.07, 6.45) is 1.69. The molecule has 0 aliphatic carbocycles. The molecule has 0 saturated carbocycles. The van der Waals surface area contributed by atoms with Crippen molar-refractivity contribution in [3.63, 3.8) is 0 Å². The smallest absolute Gasteiger partial charge is 0.341 e. The summed E-state index contributed by atoms with van der Waals surface area (Å²) in [4.78, 5) is 23.2. The highest BCUT2D eigenvalue weighted by atomic mass is 79.9. The van der Waals surface area contributed by atoms with Gasteiger partial charge in [-0.2, -0.15) is 0 Å². The number of ether oxygens (including phenoxy) is 1. The molecule has 9 heteroatoms. The minimum absolute atomic E-state index is 0.267. The standard InChI is InChI=1S/C18H14BrFN2O4S/c19-11-7-10(5-6-14(11)26-9-16(23)24)8-15-17(25)22-18(27-15)21-13-4-2-1-3-12(13)20/h1-8,18,21H,9H2,(H,22,25)(H,23,24)/b15-8-. The van der Waals surface area contributed by atoms with Crippen LogP contribution in [0.15, 0.2) is 51.8 Å². The van der Waals surface area contributed by atoms with Crippen molar-refractivity contribution in [1.82, 2.24) is 5.32 Å². The van der Waals surface area contributed by atoms with Crippen LogP contribution in [0.2, 0.25) is 0 Å². The van der Waals surface area contributed by atoms with Crippen LogP contribution in [-0.2, 0) is 9.59 Å². The second kappa shape index (κ2) is 8.45. The Morgan fingerprint density at radius 3 is 2.85 bits per heavy atom. The van der Waals surface area contributed by atoms with Crippen molar-refractivity contribution >= 4 is 51.3 Å². The summed E-state index contributed by atoms with van der Waals surface area (Å²) in [7, 11) is 0. The van der Waals surface area contributed by atoms with Gasteiger partial charge in [0.05, 0.1) is 15.1 Å². The Morgan fingerprint density at radius 2 is 2.15 bits per heavy atom. The number of carbonyl (C=O) groups excluding carboxylic acids is 1. The van der Waals surface area contributed by atoms with E-state index < -0.39 is 23.9 Å². The van der Waals surface area contributed by atoms with E-state index in [1.165, 1.54) is 17.8 Å². The number of carbonyl (C=O) groups is 2. The molecule has 1 aliphatic heterocycles. The molecule has 0 bridgehead atoms. The Kier molecular flexibility index (Phi) is 6.02. The average molecular weight is 453 g/mol. The van der Waals surface area contributed by atoms with Crippen LogP contribution in [0.3, 0.4) is 0 Å². The monoisotopic (exact) mass is 452 g/mol. The number of benzene rings is 2. The quantitative estimate of drug-likeness (QED) is 0.579. The Morgan fingerprint density at radius 1 is 1.37 bits per heavy atom. The second-order valence-electron chi connectivity index (χ2n) is 5.48. The maximum atomic E-state index is 13.7. The Bertz CT molecular complexity index is 922. The lowest BCUT2D eigenvalue weighted by Crippen LogP contribution is -2.31. The Balaban J connectivity index is 1.70. The molecule has 140 valence electrons.